The van der Waals surface area contributed by atoms with E-state index in [2.05, 4.69) is 10.1 Å². The van der Waals surface area contributed by atoms with E-state index in [-0.39, 0.29) is 6.04 Å². The van der Waals surface area contributed by atoms with Gasteiger partial charge in [0.15, 0.2) is 0 Å². The number of pyridine rings is 1. The largest absolute Gasteiger partial charge is 0.319 e. The van der Waals surface area contributed by atoms with Gasteiger partial charge in [-0.1, -0.05) is 35.9 Å². The standard InChI is InChI=1S/C14H13ClN4/c1-19-14(11(15)8-18-19)12(16)10-6-2-4-9-5-3-7-17-13(9)10/h2-8,12H,16H2,1H3. The van der Waals surface area contributed by atoms with Gasteiger partial charge < -0.3 is 5.73 Å². The van der Waals surface area contributed by atoms with Gasteiger partial charge in [0.2, 0.25) is 0 Å². The molecule has 0 spiro atoms. The van der Waals surface area contributed by atoms with E-state index in [0.717, 1.165) is 22.2 Å². The third-order valence-electron chi connectivity index (χ3n) is 3.23. The molecule has 0 saturated carbocycles. The summed E-state index contributed by atoms with van der Waals surface area (Å²) in [6.07, 6.45) is 3.37. The van der Waals surface area contributed by atoms with Crippen molar-refractivity contribution in [3.05, 3.63) is 59.0 Å². The molecule has 0 amide bonds. The van der Waals surface area contributed by atoms with Crippen LogP contribution >= 0.6 is 11.6 Å². The van der Waals surface area contributed by atoms with E-state index in [1.165, 1.54) is 0 Å². The highest BCUT2D eigenvalue weighted by atomic mass is 35.5. The minimum absolute atomic E-state index is 0.349. The van der Waals surface area contributed by atoms with Crippen LogP contribution in [0.2, 0.25) is 5.02 Å². The van der Waals surface area contributed by atoms with Crippen LogP contribution in [0.5, 0.6) is 0 Å². The molecule has 0 aliphatic heterocycles. The van der Waals surface area contributed by atoms with Crippen LogP contribution < -0.4 is 5.73 Å². The molecule has 0 fully saturated rings. The minimum atomic E-state index is -0.349. The second-order valence-corrected chi connectivity index (χ2v) is 4.81. The zero-order valence-electron chi connectivity index (χ0n) is 10.4. The maximum absolute atomic E-state index is 6.34. The van der Waals surface area contributed by atoms with Crippen LogP contribution in [0.4, 0.5) is 0 Å². The number of para-hydroxylation sites is 1. The second-order valence-electron chi connectivity index (χ2n) is 4.40. The molecular weight excluding hydrogens is 260 g/mol. The van der Waals surface area contributed by atoms with Gasteiger partial charge in [-0.25, -0.2) is 0 Å². The van der Waals surface area contributed by atoms with Crippen LogP contribution in [0.3, 0.4) is 0 Å². The maximum atomic E-state index is 6.34. The Kier molecular flexibility index (Phi) is 2.97. The number of rotatable bonds is 2. The van der Waals surface area contributed by atoms with Crippen molar-refractivity contribution in [3.8, 4) is 0 Å². The van der Waals surface area contributed by atoms with Gasteiger partial charge in [-0.2, -0.15) is 5.10 Å². The molecule has 3 rings (SSSR count). The molecule has 0 aliphatic carbocycles. The molecule has 0 aliphatic rings. The number of halogens is 1. The Labute approximate surface area is 115 Å². The molecule has 96 valence electrons. The lowest BCUT2D eigenvalue weighted by atomic mass is 10.0. The highest BCUT2D eigenvalue weighted by Crippen LogP contribution is 2.29. The summed E-state index contributed by atoms with van der Waals surface area (Å²) >= 11 is 6.16. The Morgan fingerprint density at radius 1 is 1.26 bits per heavy atom. The first-order valence-corrected chi connectivity index (χ1v) is 6.33. The third kappa shape index (κ3) is 1.99. The van der Waals surface area contributed by atoms with Crippen LogP contribution in [0, 0.1) is 0 Å². The van der Waals surface area contributed by atoms with Gasteiger partial charge in [-0.15, -0.1) is 0 Å². The molecule has 2 aromatic heterocycles. The molecule has 4 nitrogen and oxygen atoms in total. The van der Waals surface area contributed by atoms with Crippen LogP contribution in [-0.4, -0.2) is 14.8 Å². The third-order valence-corrected chi connectivity index (χ3v) is 3.52. The summed E-state index contributed by atoms with van der Waals surface area (Å²) in [6, 6.07) is 9.55. The van der Waals surface area contributed by atoms with Gasteiger partial charge >= 0.3 is 0 Å². The summed E-state index contributed by atoms with van der Waals surface area (Å²) in [7, 11) is 1.83. The van der Waals surface area contributed by atoms with Gasteiger partial charge in [-0.05, 0) is 6.07 Å². The van der Waals surface area contributed by atoms with E-state index in [1.807, 2.05) is 37.4 Å². The quantitative estimate of drug-likeness (QED) is 0.780. The highest BCUT2D eigenvalue weighted by molar-refractivity contribution is 6.31. The molecule has 1 unspecified atom stereocenters. The van der Waals surface area contributed by atoms with E-state index >= 15 is 0 Å². The molecule has 3 aromatic rings. The number of aromatic nitrogens is 3. The maximum Gasteiger partial charge on any atom is 0.0837 e. The van der Waals surface area contributed by atoms with Gasteiger partial charge in [0, 0.05) is 24.2 Å². The van der Waals surface area contributed by atoms with Gasteiger partial charge in [0.05, 0.1) is 28.5 Å². The van der Waals surface area contributed by atoms with E-state index < -0.39 is 0 Å². The van der Waals surface area contributed by atoms with Gasteiger partial charge in [0.1, 0.15) is 0 Å². The molecule has 2 heterocycles. The Hall–Kier alpha value is -1.91. The van der Waals surface area contributed by atoms with Crippen LogP contribution in [0.1, 0.15) is 17.3 Å². The van der Waals surface area contributed by atoms with E-state index in [1.54, 1.807) is 17.1 Å². The number of aryl methyl sites for hydroxylation is 1. The van der Waals surface area contributed by atoms with Gasteiger partial charge in [-0.3, -0.25) is 9.67 Å². The van der Waals surface area contributed by atoms with E-state index in [9.17, 15) is 0 Å². The second kappa shape index (κ2) is 4.64. The zero-order valence-corrected chi connectivity index (χ0v) is 11.2. The normalized spacial score (nSPS) is 12.8. The monoisotopic (exact) mass is 272 g/mol. The average molecular weight is 273 g/mol. The molecular formula is C14H13ClN4. The topological polar surface area (TPSA) is 56.7 Å². The average Bonchev–Trinajstić information content (AvgIpc) is 2.77. The molecule has 1 aromatic carbocycles. The molecule has 0 bridgehead atoms. The molecule has 2 N–H and O–H groups in total. The van der Waals surface area contributed by atoms with E-state index in [4.69, 9.17) is 17.3 Å². The number of nitrogens with two attached hydrogens (primary N) is 1. The fraction of sp³-hybridized carbons (Fsp3) is 0.143. The number of benzene rings is 1. The van der Waals surface area contributed by atoms with Crippen molar-refractivity contribution >= 4 is 22.5 Å². The van der Waals surface area contributed by atoms with Crippen molar-refractivity contribution in [2.45, 2.75) is 6.04 Å². The number of hydrogen-bond acceptors (Lipinski definition) is 3. The number of hydrogen-bond donors (Lipinski definition) is 1. The fourth-order valence-electron chi connectivity index (χ4n) is 2.30. The number of nitrogens with zero attached hydrogens (tertiary/aromatic N) is 3. The Balaban J connectivity index is 2.20. The molecule has 0 saturated heterocycles. The SMILES string of the molecule is Cn1ncc(Cl)c1C(N)c1cccc2cccnc12. The summed E-state index contributed by atoms with van der Waals surface area (Å²) in [5, 5.41) is 5.76. The first-order chi connectivity index (χ1) is 9.18. The predicted octanol–water partition coefficient (Wildman–Crippen LogP) is 2.67. The Morgan fingerprint density at radius 3 is 2.79 bits per heavy atom. The fourth-order valence-corrected chi connectivity index (χ4v) is 2.58. The molecule has 0 radical (unpaired) electrons. The first-order valence-electron chi connectivity index (χ1n) is 5.95. The Bertz CT molecular complexity index is 710. The van der Waals surface area contributed by atoms with Crippen LogP contribution in [0.15, 0.2) is 42.7 Å². The summed E-state index contributed by atoms with van der Waals surface area (Å²) in [5.41, 5.74) is 8.98. The van der Waals surface area contributed by atoms with Crippen LogP contribution in [-0.2, 0) is 7.05 Å². The van der Waals surface area contributed by atoms with Gasteiger partial charge in [0.25, 0.3) is 0 Å². The lowest BCUT2D eigenvalue weighted by Crippen LogP contribution is -2.17. The molecule has 5 heteroatoms. The predicted molar refractivity (Wildman–Crippen MR) is 76.0 cm³/mol. The molecule has 1 atom stereocenters. The van der Waals surface area contributed by atoms with Crippen molar-refractivity contribution in [3.63, 3.8) is 0 Å². The minimum Gasteiger partial charge on any atom is -0.319 e. The van der Waals surface area contributed by atoms with Crippen LogP contribution in [0.25, 0.3) is 10.9 Å². The summed E-state index contributed by atoms with van der Waals surface area (Å²) in [6.45, 7) is 0. The summed E-state index contributed by atoms with van der Waals surface area (Å²) in [4.78, 5) is 4.42. The van der Waals surface area contributed by atoms with Crippen molar-refractivity contribution in [1.29, 1.82) is 0 Å². The van der Waals surface area contributed by atoms with Crippen molar-refractivity contribution in [2.75, 3.05) is 0 Å². The smallest absolute Gasteiger partial charge is 0.0837 e. The molecule has 19 heavy (non-hydrogen) atoms. The zero-order chi connectivity index (χ0) is 13.4. The first kappa shape index (κ1) is 12.1. The lowest BCUT2D eigenvalue weighted by Gasteiger charge is -2.15. The van der Waals surface area contributed by atoms with Crippen molar-refractivity contribution in [2.24, 2.45) is 12.8 Å². The lowest BCUT2D eigenvalue weighted by molar-refractivity contribution is 0.675. The van der Waals surface area contributed by atoms with Crippen molar-refractivity contribution in [1.82, 2.24) is 14.8 Å². The Morgan fingerprint density at radius 2 is 2.05 bits per heavy atom. The summed E-state index contributed by atoms with van der Waals surface area (Å²) < 4.78 is 1.70. The van der Waals surface area contributed by atoms with Crippen molar-refractivity contribution < 1.29 is 0 Å². The van der Waals surface area contributed by atoms with E-state index in [0.29, 0.717) is 5.02 Å². The summed E-state index contributed by atoms with van der Waals surface area (Å²) in [5.74, 6) is 0. The highest BCUT2D eigenvalue weighted by Gasteiger charge is 2.19. The number of fused-ring (bicyclic) bond motifs is 1.